The molecule has 0 unspecified atom stereocenters. The van der Waals surface area contributed by atoms with Crippen molar-refractivity contribution in [3.05, 3.63) is 0 Å². The second kappa shape index (κ2) is 52.6. The summed E-state index contributed by atoms with van der Waals surface area (Å²) in [6.45, 7) is 0. The Labute approximate surface area is 162 Å². The smallest absolute Gasteiger partial charge is 0 e. The van der Waals surface area contributed by atoms with Crippen molar-refractivity contribution in [2.24, 2.45) is 0 Å². The van der Waals surface area contributed by atoms with E-state index in [1.807, 2.05) is 25.0 Å². The van der Waals surface area contributed by atoms with Gasteiger partial charge in [-0.3, -0.25) is 0 Å². The molecule has 0 saturated carbocycles. The Morgan fingerprint density at radius 2 is 0.600 bits per heavy atom. The normalized spacial score (nSPS) is 4.67. The molecule has 0 amide bonds. The van der Waals surface area contributed by atoms with Gasteiger partial charge in [-0.25, -0.2) is 0 Å². The van der Waals surface area contributed by atoms with Crippen LogP contribution in [-0.2, 0) is 81.8 Å². The molecule has 15 heavy (non-hydrogen) atoms. The van der Waals surface area contributed by atoms with Gasteiger partial charge in [-0.05, 0) is 25.0 Å². The minimum absolute atomic E-state index is 0. The lowest BCUT2D eigenvalue weighted by Crippen LogP contribution is -1.67. The van der Waals surface area contributed by atoms with Gasteiger partial charge < -0.3 is 0 Å². The van der Waals surface area contributed by atoms with Crippen molar-refractivity contribution < 1.29 is 2.85 Å². The highest BCUT2D eigenvalue weighted by atomic mass is 32.8. The summed E-state index contributed by atoms with van der Waals surface area (Å²) in [5, 5.41) is 0. The van der Waals surface area contributed by atoms with E-state index in [-0.39, 0.29) is 116 Å². The van der Waals surface area contributed by atoms with Gasteiger partial charge in [-0.2, -0.15) is 54.0 Å². The van der Waals surface area contributed by atoms with E-state index in [1.165, 1.54) is 0 Å². The van der Waals surface area contributed by atoms with Gasteiger partial charge in [0.15, 0.2) is 0 Å². The lowest BCUT2D eigenvalue weighted by Gasteiger charge is -1.66. The summed E-state index contributed by atoms with van der Waals surface area (Å²) < 4.78 is 0. The predicted molar refractivity (Wildman–Crippen MR) is 134 cm³/mol. The van der Waals surface area contributed by atoms with Gasteiger partial charge in [0.25, 0.3) is 0 Å². The fourth-order valence-electron chi connectivity index (χ4n) is 0. The second-order valence-electron chi connectivity index (χ2n) is 1.48. The van der Waals surface area contributed by atoms with E-state index in [9.17, 15) is 0 Å². The third-order valence-electron chi connectivity index (χ3n) is 0. The van der Waals surface area contributed by atoms with E-state index < -0.39 is 0 Å². The molecule has 0 aliphatic carbocycles. The van der Waals surface area contributed by atoms with Gasteiger partial charge in [0.2, 0.25) is 0 Å². The Balaban J connectivity index is -0.00000000308. The molecule has 0 nitrogen and oxygen atoms in total. The summed E-state index contributed by atoms with van der Waals surface area (Å²) in [6.07, 6.45) is 8.04. The average Bonchev–Trinajstić information content (AvgIpc) is 1.25. The highest BCUT2D eigenvalue weighted by Gasteiger charge is 1.51. The average molecular weight is 434 g/mol. The topological polar surface area (TPSA) is 0 Å². The van der Waals surface area contributed by atoms with Crippen molar-refractivity contribution in [2.75, 3.05) is 25.0 Å². The van der Waals surface area contributed by atoms with Crippen molar-refractivity contribution in [1.29, 1.82) is 0 Å². The summed E-state index contributed by atoms with van der Waals surface area (Å²) in [5.41, 5.74) is 0. The first kappa shape index (κ1) is 62.5. The maximum atomic E-state index is 4.65. The lowest BCUT2D eigenvalue weighted by molar-refractivity contribution is 2.35. The Kier molecular flexibility index (Phi) is 219. The van der Waals surface area contributed by atoms with Crippen LogP contribution in [-0.4, -0.2) is 25.0 Å². The zero-order valence-corrected chi connectivity index (χ0v) is 20.1. The first-order valence-corrected chi connectivity index (χ1v) is 7.90. The van der Waals surface area contributed by atoms with E-state index in [0.717, 1.165) is 0 Å². The summed E-state index contributed by atoms with van der Waals surface area (Å²) in [5.74, 6) is 0. The molecule has 0 rings (SSSR count). The molecule has 0 aromatic rings. The van der Waals surface area contributed by atoms with E-state index in [0.29, 0.717) is 0 Å². The minimum Gasteiger partial charge on any atom is -0.197 e. The first-order valence-electron chi connectivity index (χ1n) is 1.97. The van der Waals surface area contributed by atoms with Crippen molar-refractivity contribution >= 4 is 136 Å². The molecule has 0 spiro atoms. The van der Waals surface area contributed by atoms with Crippen LogP contribution in [0.2, 0.25) is 0 Å². The molecule has 0 bridgehead atoms. The zero-order valence-electron chi connectivity index (χ0n) is 9.37. The molecule has 0 aliphatic heterocycles. The van der Waals surface area contributed by atoms with Gasteiger partial charge in [0, 0.05) is 2.85 Å². The highest BCUT2D eigenvalue weighted by Crippen LogP contribution is 1.51. The van der Waals surface area contributed by atoms with Crippen molar-refractivity contribution in [3.8, 4) is 0 Å². The summed E-state index contributed by atoms with van der Waals surface area (Å²) >= 11 is 9.30. The molecular weight excluding hydrogens is 401 g/mol. The zero-order chi connectivity index (χ0) is 7.15. The molecule has 0 heterocycles. The quantitative estimate of drug-likeness (QED) is 0.458. The molecule has 0 aliphatic rings. The lowest BCUT2D eigenvalue weighted by atomic mass is 11.9. The highest BCUT2D eigenvalue weighted by molar-refractivity contribution is 8.28. The van der Waals surface area contributed by atoms with E-state index >= 15 is 0 Å². The Morgan fingerprint density at radius 1 is 0.600 bits per heavy atom. The molecule has 0 aromatic carbocycles. The molecule has 0 aromatic heterocycles. The summed E-state index contributed by atoms with van der Waals surface area (Å²) in [6, 6.07) is 0. The third-order valence-corrected chi connectivity index (χ3v) is 0. The van der Waals surface area contributed by atoms with Crippen LogP contribution in [0.4, 0.5) is 0 Å². The summed E-state index contributed by atoms with van der Waals surface area (Å²) in [4.78, 5) is 0. The van der Waals surface area contributed by atoms with Gasteiger partial charge in [-0.1, -0.05) is 62.9 Å². The molecule has 0 fully saturated rings. The van der Waals surface area contributed by atoms with Crippen LogP contribution >= 0.6 is 54.0 Å². The molecule has 0 atom stereocenters. The van der Waals surface area contributed by atoms with Crippen LogP contribution in [0.3, 0.4) is 0 Å². The van der Waals surface area contributed by atoms with Crippen molar-refractivity contribution in [1.82, 2.24) is 0 Å². The largest absolute Gasteiger partial charge is 0.197 e. The van der Waals surface area contributed by atoms with E-state index in [1.54, 1.807) is 0 Å². The van der Waals surface area contributed by atoms with Crippen LogP contribution in [0.1, 0.15) is 2.85 Å². The number of rotatable bonds is 0. The van der Waals surface area contributed by atoms with E-state index in [4.69, 9.17) is 0 Å². The fourth-order valence-corrected chi connectivity index (χ4v) is 0. The van der Waals surface area contributed by atoms with Crippen LogP contribution < -0.4 is 0 Å². The van der Waals surface area contributed by atoms with E-state index in [2.05, 4.69) is 22.4 Å². The molecular formula is C4H33S11+3. The van der Waals surface area contributed by atoms with Crippen LogP contribution in [0.5, 0.6) is 0 Å². The van der Waals surface area contributed by atoms with Gasteiger partial charge in [0.1, 0.15) is 0 Å². The standard InChI is InChI=1S/2C2H6S2.7H2S.2H2/c2*1-4(2)3;;;;;;;;;/h2*1-2H3;7*1H2;2*1H/p+3. The molecule has 112 valence electrons. The maximum Gasteiger partial charge on any atom is 0 e. The Hall–Kier alpha value is 3.59. The molecule has 0 saturated heterocycles. The van der Waals surface area contributed by atoms with Gasteiger partial charge in [-0.15, -0.1) is 18.9 Å². The van der Waals surface area contributed by atoms with Crippen molar-refractivity contribution in [2.45, 2.75) is 0 Å². The first-order chi connectivity index (χ1) is 3.46. The Bertz CT molecular complexity index is 79.5. The van der Waals surface area contributed by atoms with Crippen molar-refractivity contribution in [3.63, 3.8) is 0 Å². The second-order valence-corrected chi connectivity index (χ2v) is 8.45. The van der Waals surface area contributed by atoms with Crippen LogP contribution in [0.25, 0.3) is 0 Å². The molecule has 0 N–H and O–H groups in total. The summed E-state index contributed by atoms with van der Waals surface area (Å²) in [7, 11) is 0.444. The van der Waals surface area contributed by atoms with Gasteiger partial charge in [0.05, 0.1) is 0 Å². The monoisotopic (exact) mass is 433 g/mol. The molecule has 11 heteroatoms. The molecule has 0 radical (unpaired) electrons. The third kappa shape index (κ3) is 332. The maximum absolute atomic E-state index is 4.65. The number of hydrogen-bond acceptors (Lipinski definition) is 2. The number of hydrogen-bond donors (Lipinski definition) is 0. The fraction of sp³-hybridized carbons (Fsp3) is 1.00. The van der Waals surface area contributed by atoms with Crippen LogP contribution in [0.15, 0.2) is 0 Å². The Morgan fingerprint density at radius 3 is 0.600 bits per heavy atom. The predicted octanol–water partition coefficient (Wildman–Crippen LogP) is -0.821. The van der Waals surface area contributed by atoms with Gasteiger partial charge >= 0.3 is 0 Å². The van der Waals surface area contributed by atoms with Crippen LogP contribution in [0, 0.1) is 0 Å². The minimum atomic E-state index is 0. The SMILES string of the molecule is CS(C)=S.CS(C)=S.S.S.S.S.[HH].[HH].[SH3+].[SH3+].[SH3+].